The van der Waals surface area contributed by atoms with Crippen LogP contribution in [0.2, 0.25) is 0 Å². The predicted molar refractivity (Wildman–Crippen MR) is 45.7 cm³/mol. The van der Waals surface area contributed by atoms with E-state index in [0.29, 0.717) is 6.29 Å². The molecule has 0 amide bonds. The van der Waals surface area contributed by atoms with Crippen molar-refractivity contribution in [1.82, 2.24) is 0 Å². The van der Waals surface area contributed by atoms with Gasteiger partial charge in [0.15, 0.2) is 6.29 Å². The molecule has 3 heteroatoms. The molecule has 0 aromatic heterocycles. The first-order valence-corrected chi connectivity index (χ1v) is 3.35. The van der Waals surface area contributed by atoms with Crippen molar-refractivity contribution in [2.75, 3.05) is 0 Å². The average molecular weight is 166 g/mol. The van der Waals surface area contributed by atoms with Gasteiger partial charge < -0.3 is 5.11 Å². The summed E-state index contributed by atoms with van der Waals surface area (Å²) in [5.41, 5.74) is 0.0445. The highest BCUT2D eigenvalue weighted by molar-refractivity contribution is 5.98. The number of carboxylic acids is 1. The third-order valence-electron chi connectivity index (χ3n) is 1.22. The summed E-state index contributed by atoms with van der Waals surface area (Å²) in [6, 6.07) is 0. The number of aldehydes is 1. The van der Waals surface area contributed by atoms with Crippen molar-refractivity contribution in [2.24, 2.45) is 0 Å². The maximum absolute atomic E-state index is 10.5. The Morgan fingerprint density at radius 2 is 2.08 bits per heavy atom. The highest BCUT2D eigenvalue weighted by atomic mass is 16.4. The number of carbonyl (C=O) groups is 2. The van der Waals surface area contributed by atoms with Crippen molar-refractivity contribution in [3.8, 4) is 0 Å². The number of hydrogen-bond acceptors (Lipinski definition) is 2. The Morgan fingerprint density at radius 3 is 2.33 bits per heavy atom. The summed E-state index contributed by atoms with van der Waals surface area (Å²) >= 11 is 0. The van der Waals surface area contributed by atoms with Crippen molar-refractivity contribution in [3.05, 3.63) is 36.0 Å². The van der Waals surface area contributed by atoms with Gasteiger partial charge in [-0.1, -0.05) is 24.8 Å². The summed E-state index contributed by atoms with van der Waals surface area (Å²) in [5, 5.41) is 8.58. The van der Waals surface area contributed by atoms with Gasteiger partial charge in [0.05, 0.1) is 5.57 Å². The number of hydrogen-bond donors (Lipinski definition) is 1. The lowest BCUT2D eigenvalue weighted by Crippen LogP contribution is -2.01. The number of allylic oxidation sites excluding steroid dienone is 3. The maximum atomic E-state index is 10.5. The molecule has 0 fully saturated rings. The molecule has 0 heterocycles. The molecule has 0 aliphatic carbocycles. The van der Waals surface area contributed by atoms with E-state index in [0.717, 1.165) is 6.08 Å². The SMILES string of the molecule is C=C/C(C(=O)O)=C(C=O)\C=C/C. The maximum Gasteiger partial charge on any atom is 0.336 e. The van der Waals surface area contributed by atoms with Gasteiger partial charge in [0.25, 0.3) is 0 Å². The molecule has 0 saturated carbocycles. The molecule has 0 saturated heterocycles. The van der Waals surface area contributed by atoms with Gasteiger partial charge in [0.2, 0.25) is 0 Å². The summed E-state index contributed by atoms with van der Waals surface area (Å²) in [5.74, 6) is -1.15. The minimum Gasteiger partial charge on any atom is -0.478 e. The van der Waals surface area contributed by atoms with Crippen LogP contribution in [0.15, 0.2) is 36.0 Å². The van der Waals surface area contributed by atoms with E-state index in [1.807, 2.05) is 0 Å². The summed E-state index contributed by atoms with van der Waals surface area (Å²) < 4.78 is 0. The molecule has 0 aliphatic heterocycles. The van der Waals surface area contributed by atoms with E-state index >= 15 is 0 Å². The molecule has 1 N–H and O–H groups in total. The molecule has 0 radical (unpaired) electrons. The van der Waals surface area contributed by atoms with E-state index in [-0.39, 0.29) is 11.1 Å². The van der Waals surface area contributed by atoms with Crippen molar-refractivity contribution in [1.29, 1.82) is 0 Å². The molecule has 0 spiro atoms. The van der Waals surface area contributed by atoms with E-state index in [4.69, 9.17) is 5.11 Å². The molecule has 0 unspecified atom stereocenters. The highest BCUT2D eigenvalue weighted by Gasteiger charge is 2.07. The fourth-order valence-corrected chi connectivity index (χ4v) is 0.701. The van der Waals surface area contributed by atoms with E-state index in [9.17, 15) is 9.59 Å². The van der Waals surface area contributed by atoms with Crippen LogP contribution in [0.5, 0.6) is 0 Å². The largest absolute Gasteiger partial charge is 0.478 e. The Bertz CT molecular complexity index is 259. The highest BCUT2D eigenvalue weighted by Crippen LogP contribution is 2.05. The molecule has 0 rings (SSSR count). The Labute approximate surface area is 70.7 Å². The molecule has 0 aromatic rings. The average Bonchev–Trinajstić information content (AvgIpc) is 2.03. The quantitative estimate of drug-likeness (QED) is 0.389. The second kappa shape index (κ2) is 5.07. The lowest BCUT2D eigenvalue weighted by Gasteiger charge is -1.95. The normalized spacial score (nSPS) is 12.4. The number of rotatable bonds is 4. The third kappa shape index (κ3) is 2.54. The van der Waals surface area contributed by atoms with Gasteiger partial charge in [-0.2, -0.15) is 0 Å². The molecule has 12 heavy (non-hydrogen) atoms. The van der Waals surface area contributed by atoms with Crippen molar-refractivity contribution in [3.63, 3.8) is 0 Å². The lowest BCUT2D eigenvalue weighted by atomic mass is 10.1. The van der Waals surface area contributed by atoms with E-state index in [1.54, 1.807) is 13.0 Å². The molecule has 0 atom stereocenters. The first kappa shape index (κ1) is 10.4. The van der Waals surface area contributed by atoms with Crippen LogP contribution in [0.3, 0.4) is 0 Å². The topological polar surface area (TPSA) is 54.4 Å². The van der Waals surface area contributed by atoms with Crippen LogP contribution >= 0.6 is 0 Å². The van der Waals surface area contributed by atoms with Gasteiger partial charge in [0, 0.05) is 5.57 Å². The van der Waals surface area contributed by atoms with Gasteiger partial charge in [-0.05, 0) is 6.92 Å². The standard InChI is InChI=1S/C9H10O3/c1-3-5-7(6-10)8(4-2)9(11)12/h3-6H,2H2,1H3,(H,11,12)/b5-3-,8-7-. The summed E-state index contributed by atoms with van der Waals surface area (Å²) in [7, 11) is 0. The summed E-state index contributed by atoms with van der Waals surface area (Å²) in [4.78, 5) is 20.9. The lowest BCUT2D eigenvalue weighted by molar-refractivity contribution is -0.132. The van der Waals surface area contributed by atoms with Gasteiger partial charge in [0.1, 0.15) is 0 Å². The van der Waals surface area contributed by atoms with Gasteiger partial charge in [-0.15, -0.1) is 0 Å². The molecular weight excluding hydrogens is 156 g/mol. The van der Waals surface area contributed by atoms with E-state index in [2.05, 4.69) is 6.58 Å². The minimum atomic E-state index is -1.15. The van der Waals surface area contributed by atoms with Crippen LogP contribution in [0.1, 0.15) is 6.92 Å². The molecule has 64 valence electrons. The Morgan fingerprint density at radius 1 is 1.50 bits per heavy atom. The number of carbonyl (C=O) groups excluding carboxylic acids is 1. The fraction of sp³-hybridized carbons (Fsp3) is 0.111. The molecule has 3 nitrogen and oxygen atoms in total. The Kier molecular flexibility index (Phi) is 4.38. The van der Waals surface area contributed by atoms with Crippen LogP contribution in [-0.2, 0) is 9.59 Å². The van der Waals surface area contributed by atoms with Crippen LogP contribution in [-0.4, -0.2) is 17.4 Å². The predicted octanol–water partition coefficient (Wildman–Crippen LogP) is 1.33. The monoisotopic (exact) mass is 166 g/mol. The molecular formula is C9H10O3. The minimum absolute atomic E-state index is 0.0805. The smallest absolute Gasteiger partial charge is 0.336 e. The van der Waals surface area contributed by atoms with Crippen molar-refractivity contribution in [2.45, 2.75) is 6.92 Å². The first-order chi connectivity index (χ1) is 5.67. The fourth-order valence-electron chi connectivity index (χ4n) is 0.701. The molecule has 0 bridgehead atoms. The summed E-state index contributed by atoms with van der Waals surface area (Å²) in [6.07, 6.45) is 4.66. The Balaban J connectivity index is 5.14. The zero-order chi connectivity index (χ0) is 9.56. The number of carboxylic acid groups (broad SMARTS) is 1. The molecule has 0 aromatic carbocycles. The van der Waals surface area contributed by atoms with Gasteiger partial charge in [-0.3, -0.25) is 4.79 Å². The van der Waals surface area contributed by atoms with Crippen LogP contribution in [0.25, 0.3) is 0 Å². The van der Waals surface area contributed by atoms with Crippen LogP contribution in [0.4, 0.5) is 0 Å². The number of aliphatic carboxylic acids is 1. The van der Waals surface area contributed by atoms with Crippen molar-refractivity contribution >= 4 is 12.3 Å². The molecule has 0 aliphatic rings. The van der Waals surface area contributed by atoms with Gasteiger partial charge in [-0.25, -0.2) is 4.79 Å². The second-order valence-corrected chi connectivity index (χ2v) is 2.00. The van der Waals surface area contributed by atoms with Crippen LogP contribution < -0.4 is 0 Å². The van der Waals surface area contributed by atoms with E-state index < -0.39 is 5.97 Å². The van der Waals surface area contributed by atoms with E-state index in [1.165, 1.54) is 6.08 Å². The Hall–Kier alpha value is -1.64. The second-order valence-electron chi connectivity index (χ2n) is 2.00. The first-order valence-electron chi connectivity index (χ1n) is 3.35. The van der Waals surface area contributed by atoms with Gasteiger partial charge >= 0.3 is 5.97 Å². The zero-order valence-electron chi connectivity index (χ0n) is 6.78. The van der Waals surface area contributed by atoms with Crippen molar-refractivity contribution < 1.29 is 14.7 Å². The van der Waals surface area contributed by atoms with Crippen LogP contribution in [0, 0.1) is 0 Å². The third-order valence-corrected chi connectivity index (χ3v) is 1.22. The zero-order valence-corrected chi connectivity index (χ0v) is 6.78. The summed E-state index contributed by atoms with van der Waals surface area (Å²) in [6.45, 7) is 5.00.